The normalized spacial score (nSPS) is 13.5. The number of halogens is 1. The number of hydrogen-bond acceptors (Lipinski definition) is 6. The van der Waals surface area contributed by atoms with Crippen molar-refractivity contribution in [3.8, 4) is 28.4 Å². The molecule has 5 rings (SSSR count). The quantitative estimate of drug-likeness (QED) is 0.460. The minimum Gasteiger partial charge on any atom is -0.496 e. The highest BCUT2D eigenvalue weighted by molar-refractivity contribution is 5.67. The Labute approximate surface area is 191 Å². The first-order chi connectivity index (χ1) is 16.1. The number of methoxy groups -OCH3 is 1. The molecule has 7 heteroatoms. The summed E-state index contributed by atoms with van der Waals surface area (Å²) < 4.78 is 19.1. The molecule has 3 heterocycles. The first-order valence-corrected chi connectivity index (χ1v) is 10.8. The van der Waals surface area contributed by atoms with E-state index in [4.69, 9.17) is 15.5 Å². The predicted octanol–water partition coefficient (Wildman–Crippen LogP) is 4.49. The maximum atomic E-state index is 13.7. The zero-order valence-electron chi connectivity index (χ0n) is 18.3. The molecule has 0 radical (unpaired) electrons. The monoisotopic (exact) mass is 441 g/mol. The van der Waals surface area contributed by atoms with Gasteiger partial charge in [-0.05, 0) is 54.1 Å². The molecule has 6 nitrogen and oxygen atoms in total. The van der Waals surface area contributed by atoms with Crippen molar-refractivity contribution in [1.82, 2.24) is 19.9 Å². The van der Waals surface area contributed by atoms with Gasteiger partial charge in [0.25, 0.3) is 0 Å². The van der Waals surface area contributed by atoms with Crippen LogP contribution in [0.4, 0.5) is 10.1 Å². The summed E-state index contributed by atoms with van der Waals surface area (Å²) in [6.07, 6.45) is 4.64. The Bertz CT molecular complexity index is 1280. The van der Waals surface area contributed by atoms with E-state index >= 15 is 0 Å². The maximum Gasteiger partial charge on any atom is 0.159 e. The van der Waals surface area contributed by atoms with Crippen LogP contribution in [0.3, 0.4) is 0 Å². The molecule has 4 aromatic rings. The molecule has 0 fully saturated rings. The largest absolute Gasteiger partial charge is 0.496 e. The summed E-state index contributed by atoms with van der Waals surface area (Å²) in [4.78, 5) is 16.3. The standard InChI is InChI=1S/C26H24FN5O/c1-33-25-9-5-20(27)12-22(25)24-8-2-17(13-29-24)15-32-11-10-23-19(16-32)14-30-26(31-23)18-3-6-21(28)7-4-18/h2-9,12-14H,10-11,15-16,28H2,1H3. The third-order valence-corrected chi connectivity index (χ3v) is 5.85. The Kier molecular flexibility index (Phi) is 5.71. The molecular formula is C26H24FN5O. The van der Waals surface area contributed by atoms with Gasteiger partial charge < -0.3 is 10.5 Å². The minimum absolute atomic E-state index is 0.314. The molecule has 1 aliphatic rings. The summed E-state index contributed by atoms with van der Waals surface area (Å²) in [5.74, 6) is 1.02. The lowest BCUT2D eigenvalue weighted by atomic mass is 10.1. The molecule has 0 bridgehead atoms. The van der Waals surface area contributed by atoms with Gasteiger partial charge in [-0.1, -0.05) is 6.07 Å². The highest BCUT2D eigenvalue weighted by atomic mass is 19.1. The lowest BCUT2D eigenvalue weighted by molar-refractivity contribution is 0.242. The number of hydrogen-bond donors (Lipinski definition) is 1. The fraction of sp³-hybridized carbons (Fsp3) is 0.192. The van der Waals surface area contributed by atoms with Crippen molar-refractivity contribution in [2.45, 2.75) is 19.5 Å². The fourth-order valence-electron chi connectivity index (χ4n) is 4.10. The smallest absolute Gasteiger partial charge is 0.159 e. The molecule has 0 aliphatic carbocycles. The number of ether oxygens (including phenoxy) is 1. The summed E-state index contributed by atoms with van der Waals surface area (Å²) in [5.41, 5.74) is 12.1. The number of nitrogens with two attached hydrogens (primary N) is 1. The van der Waals surface area contributed by atoms with Crippen LogP contribution in [0.1, 0.15) is 16.8 Å². The molecule has 0 spiro atoms. The average Bonchev–Trinajstić information content (AvgIpc) is 2.85. The molecule has 0 amide bonds. The topological polar surface area (TPSA) is 77.2 Å². The lowest BCUT2D eigenvalue weighted by Gasteiger charge is -2.28. The second-order valence-corrected chi connectivity index (χ2v) is 8.14. The van der Waals surface area contributed by atoms with Crippen molar-refractivity contribution in [2.24, 2.45) is 0 Å². The van der Waals surface area contributed by atoms with E-state index in [9.17, 15) is 4.39 Å². The van der Waals surface area contributed by atoms with Crippen LogP contribution in [-0.2, 0) is 19.5 Å². The molecule has 0 unspecified atom stereocenters. The molecule has 33 heavy (non-hydrogen) atoms. The number of aromatic nitrogens is 3. The van der Waals surface area contributed by atoms with Crippen LogP contribution in [0.5, 0.6) is 5.75 Å². The molecule has 166 valence electrons. The van der Waals surface area contributed by atoms with Crippen molar-refractivity contribution in [1.29, 1.82) is 0 Å². The molecule has 0 saturated carbocycles. The van der Waals surface area contributed by atoms with Gasteiger partial charge in [-0.2, -0.15) is 0 Å². The molecule has 2 aromatic carbocycles. The number of nitrogen functional groups attached to an aromatic ring is 1. The molecule has 0 atom stereocenters. The Morgan fingerprint density at radius 3 is 2.64 bits per heavy atom. The van der Waals surface area contributed by atoms with Crippen molar-refractivity contribution >= 4 is 5.69 Å². The van der Waals surface area contributed by atoms with Crippen LogP contribution >= 0.6 is 0 Å². The van der Waals surface area contributed by atoms with E-state index in [0.717, 1.165) is 60.0 Å². The van der Waals surface area contributed by atoms with Gasteiger partial charge in [0.15, 0.2) is 5.82 Å². The van der Waals surface area contributed by atoms with E-state index in [1.54, 1.807) is 13.2 Å². The van der Waals surface area contributed by atoms with Gasteiger partial charge in [0.1, 0.15) is 11.6 Å². The first-order valence-electron chi connectivity index (χ1n) is 10.8. The third-order valence-electron chi connectivity index (χ3n) is 5.85. The van der Waals surface area contributed by atoms with Gasteiger partial charge >= 0.3 is 0 Å². The van der Waals surface area contributed by atoms with Crippen LogP contribution in [0, 0.1) is 5.82 Å². The second kappa shape index (κ2) is 8.96. The average molecular weight is 442 g/mol. The van der Waals surface area contributed by atoms with Crippen LogP contribution in [-0.4, -0.2) is 33.5 Å². The SMILES string of the molecule is COc1ccc(F)cc1-c1ccc(CN2CCc3nc(-c4ccc(N)cc4)ncc3C2)cn1. The third kappa shape index (κ3) is 4.54. The summed E-state index contributed by atoms with van der Waals surface area (Å²) >= 11 is 0. The zero-order valence-corrected chi connectivity index (χ0v) is 18.3. The summed E-state index contributed by atoms with van der Waals surface area (Å²) in [6.45, 7) is 2.47. The van der Waals surface area contributed by atoms with Gasteiger partial charge in [0.2, 0.25) is 0 Å². The zero-order chi connectivity index (χ0) is 22.8. The molecule has 2 N–H and O–H groups in total. The van der Waals surface area contributed by atoms with Gasteiger partial charge in [0.05, 0.1) is 18.5 Å². The van der Waals surface area contributed by atoms with E-state index in [2.05, 4.69) is 14.9 Å². The number of fused-ring (bicyclic) bond motifs is 1. The Morgan fingerprint density at radius 1 is 1.03 bits per heavy atom. The van der Waals surface area contributed by atoms with Gasteiger partial charge in [-0.15, -0.1) is 0 Å². The summed E-state index contributed by atoms with van der Waals surface area (Å²) in [7, 11) is 1.57. The van der Waals surface area contributed by atoms with E-state index in [-0.39, 0.29) is 5.82 Å². The van der Waals surface area contributed by atoms with Crippen LogP contribution in [0.25, 0.3) is 22.6 Å². The minimum atomic E-state index is -0.314. The number of nitrogens with zero attached hydrogens (tertiary/aromatic N) is 4. The van der Waals surface area contributed by atoms with Crippen LogP contribution in [0.15, 0.2) is 67.0 Å². The van der Waals surface area contributed by atoms with Crippen LogP contribution in [0.2, 0.25) is 0 Å². The van der Waals surface area contributed by atoms with Crippen molar-refractivity contribution in [3.63, 3.8) is 0 Å². The number of anilines is 1. The van der Waals surface area contributed by atoms with E-state index in [1.165, 1.54) is 12.1 Å². The second-order valence-electron chi connectivity index (χ2n) is 8.14. The van der Waals surface area contributed by atoms with E-state index in [0.29, 0.717) is 17.0 Å². The number of benzene rings is 2. The van der Waals surface area contributed by atoms with E-state index < -0.39 is 0 Å². The highest BCUT2D eigenvalue weighted by Crippen LogP contribution is 2.29. The summed E-state index contributed by atoms with van der Waals surface area (Å²) in [5, 5.41) is 0. The Hall–Kier alpha value is -3.84. The van der Waals surface area contributed by atoms with Crippen molar-refractivity contribution in [3.05, 3.63) is 89.6 Å². The molecule has 1 aliphatic heterocycles. The van der Waals surface area contributed by atoms with Gasteiger partial charge in [0, 0.05) is 60.8 Å². The number of pyridine rings is 1. The summed E-state index contributed by atoms with van der Waals surface area (Å²) in [6, 6.07) is 16.0. The van der Waals surface area contributed by atoms with Crippen molar-refractivity contribution in [2.75, 3.05) is 19.4 Å². The fourth-order valence-corrected chi connectivity index (χ4v) is 4.10. The molecule has 2 aromatic heterocycles. The highest BCUT2D eigenvalue weighted by Gasteiger charge is 2.19. The molecule has 0 saturated heterocycles. The van der Waals surface area contributed by atoms with E-state index in [1.807, 2.05) is 48.8 Å². The first kappa shape index (κ1) is 21.0. The number of rotatable bonds is 5. The van der Waals surface area contributed by atoms with Gasteiger partial charge in [-0.25, -0.2) is 14.4 Å². The Balaban J connectivity index is 1.28. The predicted molar refractivity (Wildman–Crippen MR) is 126 cm³/mol. The Morgan fingerprint density at radius 2 is 1.88 bits per heavy atom. The van der Waals surface area contributed by atoms with Gasteiger partial charge in [-0.3, -0.25) is 9.88 Å². The maximum absolute atomic E-state index is 13.7. The van der Waals surface area contributed by atoms with Crippen LogP contribution < -0.4 is 10.5 Å². The van der Waals surface area contributed by atoms with Crippen molar-refractivity contribution < 1.29 is 9.13 Å². The molecular weight excluding hydrogens is 417 g/mol. The lowest BCUT2D eigenvalue weighted by Crippen LogP contribution is -2.31.